The molecule has 0 aliphatic carbocycles. The molecule has 0 aromatic carbocycles. The molecule has 0 saturated heterocycles. The van der Waals surface area contributed by atoms with Crippen LogP contribution in [0.25, 0.3) is 0 Å². The minimum atomic E-state index is -4.30. The first-order chi connectivity index (χ1) is 12.5. The summed E-state index contributed by atoms with van der Waals surface area (Å²) in [7, 11) is -4.30. The molecule has 0 heterocycles. The summed E-state index contributed by atoms with van der Waals surface area (Å²) >= 11 is 0. The maximum absolute atomic E-state index is 11.3. The van der Waals surface area contributed by atoms with Crippen LogP contribution in [-0.4, -0.2) is 31.3 Å². The van der Waals surface area contributed by atoms with Gasteiger partial charge in [0.25, 0.3) is 0 Å². The van der Waals surface area contributed by atoms with Crippen LogP contribution in [0.3, 0.4) is 0 Å². The van der Waals surface area contributed by atoms with Crippen molar-refractivity contribution in [3.63, 3.8) is 0 Å². The van der Waals surface area contributed by atoms with Crippen LogP contribution in [0.1, 0.15) is 96.8 Å². The number of hydrogen-bond acceptors (Lipinski definition) is 5. The predicted octanol–water partition coefficient (Wildman–Crippen LogP) is 2.12. The van der Waals surface area contributed by atoms with Crippen molar-refractivity contribution in [2.24, 2.45) is 0 Å². The van der Waals surface area contributed by atoms with Gasteiger partial charge in [-0.3, -0.25) is 4.79 Å². The molecule has 0 aliphatic heterocycles. The molecule has 0 bridgehead atoms. The van der Waals surface area contributed by atoms with Gasteiger partial charge in [0.1, 0.15) is 6.61 Å². The summed E-state index contributed by atoms with van der Waals surface area (Å²) in [5.41, 5.74) is 0. The van der Waals surface area contributed by atoms with Gasteiger partial charge in [-0.1, -0.05) is 70.4 Å². The van der Waals surface area contributed by atoms with Gasteiger partial charge in [-0.15, -0.1) is 0 Å². The van der Waals surface area contributed by atoms with Crippen LogP contribution in [0, 0.1) is 0 Å². The van der Waals surface area contributed by atoms with Gasteiger partial charge in [0.15, 0.2) is 0 Å². The summed E-state index contributed by atoms with van der Waals surface area (Å²) < 4.78 is 35.8. The number of carbonyl (C=O) groups is 1. The van der Waals surface area contributed by atoms with Gasteiger partial charge < -0.3 is 9.29 Å². The first-order valence-electron chi connectivity index (χ1n) is 10.2. The van der Waals surface area contributed by atoms with E-state index in [2.05, 4.69) is 19.1 Å². The average molecular weight is 413 g/mol. The van der Waals surface area contributed by atoms with Crippen molar-refractivity contribution < 1.29 is 52.1 Å². The Morgan fingerprint density at radius 2 is 1.33 bits per heavy atom. The van der Waals surface area contributed by atoms with Gasteiger partial charge in [-0.25, -0.2) is 8.42 Å². The second-order valence-corrected chi connectivity index (χ2v) is 8.34. The molecule has 0 spiro atoms. The van der Waals surface area contributed by atoms with Crippen LogP contribution in [0.5, 0.6) is 0 Å². The van der Waals surface area contributed by atoms with E-state index in [1.165, 1.54) is 51.4 Å². The molecule has 0 atom stereocenters. The van der Waals surface area contributed by atoms with E-state index in [1.807, 2.05) is 0 Å². The zero-order chi connectivity index (χ0) is 19.5. The Balaban J connectivity index is 0. The van der Waals surface area contributed by atoms with Gasteiger partial charge in [0, 0.05) is 6.42 Å². The monoisotopic (exact) mass is 412 g/mol. The minimum absolute atomic E-state index is 0. The molecule has 0 radical (unpaired) electrons. The third kappa shape index (κ3) is 26.1. The fourth-order valence-electron chi connectivity index (χ4n) is 2.67. The van der Waals surface area contributed by atoms with Crippen molar-refractivity contribution in [3.8, 4) is 0 Å². The van der Waals surface area contributed by atoms with E-state index >= 15 is 0 Å². The molecule has 0 rings (SSSR count). The summed E-state index contributed by atoms with van der Waals surface area (Å²) in [5, 5.41) is 0. The van der Waals surface area contributed by atoms with Crippen LogP contribution in [-0.2, 0) is 19.6 Å². The van der Waals surface area contributed by atoms with Gasteiger partial charge in [0.05, 0.1) is 15.9 Å². The predicted molar refractivity (Wildman–Crippen MR) is 105 cm³/mol. The van der Waals surface area contributed by atoms with E-state index in [0.717, 1.165) is 32.1 Å². The van der Waals surface area contributed by atoms with E-state index in [4.69, 9.17) is 4.74 Å². The number of esters is 1. The van der Waals surface area contributed by atoms with Crippen molar-refractivity contribution in [2.75, 3.05) is 12.4 Å². The fraction of sp³-hybridized carbons (Fsp3) is 0.850. The van der Waals surface area contributed by atoms with Crippen molar-refractivity contribution in [3.05, 3.63) is 12.2 Å². The maximum Gasteiger partial charge on any atom is 1.00 e. The molecule has 0 aromatic rings. The number of allylic oxidation sites excluding steroid dienone is 2. The quantitative estimate of drug-likeness (QED) is 0.113. The second kappa shape index (κ2) is 20.8. The normalized spacial score (nSPS) is 11.5. The molecule has 27 heavy (non-hydrogen) atoms. The van der Waals surface area contributed by atoms with Gasteiger partial charge in [-0.2, -0.15) is 0 Å². The standard InChI is InChI=1S/C20H38O5S.Na/c1-2-3-4-5-6-7-8-9-10-11-12-13-14-15-16-17-20(21)25-18-19-26(22,23)24;/h9-10H,2-8,11-19H2,1H3,(H,22,23,24);/q;+1/p-1. The first-order valence-corrected chi connectivity index (χ1v) is 11.8. The Kier molecular flexibility index (Phi) is 22.6. The maximum atomic E-state index is 11.3. The van der Waals surface area contributed by atoms with Crippen LogP contribution >= 0.6 is 0 Å². The third-order valence-corrected chi connectivity index (χ3v) is 4.91. The minimum Gasteiger partial charge on any atom is -0.748 e. The third-order valence-electron chi connectivity index (χ3n) is 4.24. The van der Waals surface area contributed by atoms with Crippen LogP contribution in [0.4, 0.5) is 0 Å². The summed E-state index contributed by atoms with van der Waals surface area (Å²) in [6.07, 6.45) is 20.4. The van der Waals surface area contributed by atoms with Crippen molar-refractivity contribution in [1.82, 2.24) is 0 Å². The van der Waals surface area contributed by atoms with Crippen LogP contribution < -0.4 is 29.6 Å². The Morgan fingerprint density at radius 3 is 1.85 bits per heavy atom. The van der Waals surface area contributed by atoms with Crippen LogP contribution in [0.2, 0.25) is 0 Å². The molecule has 7 heteroatoms. The number of rotatable bonds is 18. The van der Waals surface area contributed by atoms with Gasteiger partial charge in [0.2, 0.25) is 0 Å². The molecule has 0 saturated carbocycles. The molecule has 0 unspecified atom stereocenters. The number of unbranched alkanes of at least 4 members (excludes halogenated alkanes) is 11. The van der Waals surface area contributed by atoms with Gasteiger partial charge >= 0.3 is 35.5 Å². The van der Waals surface area contributed by atoms with Crippen molar-refractivity contribution in [2.45, 2.75) is 96.8 Å². The Hall–Kier alpha value is 0.120. The molecule has 0 N–H and O–H groups in total. The smallest absolute Gasteiger partial charge is 0.748 e. The zero-order valence-corrected chi connectivity index (χ0v) is 20.2. The largest absolute Gasteiger partial charge is 1.00 e. The molecule has 0 aliphatic rings. The molecule has 0 aromatic heterocycles. The Labute approximate surface area is 188 Å². The molecule has 154 valence electrons. The fourth-order valence-corrected chi connectivity index (χ4v) is 2.96. The van der Waals surface area contributed by atoms with E-state index < -0.39 is 21.8 Å². The second-order valence-electron chi connectivity index (χ2n) is 6.82. The van der Waals surface area contributed by atoms with Crippen molar-refractivity contribution >= 4 is 16.1 Å². The average Bonchev–Trinajstić information content (AvgIpc) is 2.57. The topological polar surface area (TPSA) is 83.5 Å². The van der Waals surface area contributed by atoms with E-state index in [9.17, 15) is 17.8 Å². The summed E-state index contributed by atoms with van der Waals surface area (Å²) in [4.78, 5) is 11.3. The van der Waals surface area contributed by atoms with Crippen molar-refractivity contribution in [1.29, 1.82) is 0 Å². The summed E-state index contributed by atoms with van der Waals surface area (Å²) in [6, 6.07) is 0. The molecule has 5 nitrogen and oxygen atoms in total. The summed E-state index contributed by atoms with van der Waals surface area (Å²) in [6.45, 7) is 1.90. The Morgan fingerprint density at radius 1 is 0.852 bits per heavy atom. The zero-order valence-electron chi connectivity index (χ0n) is 17.4. The first kappa shape index (κ1) is 29.3. The van der Waals surface area contributed by atoms with E-state index in [0.29, 0.717) is 0 Å². The number of carbonyl (C=O) groups excluding carboxylic acids is 1. The van der Waals surface area contributed by atoms with Gasteiger partial charge in [-0.05, 0) is 32.1 Å². The number of ether oxygens (including phenoxy) is 1. The molecular weight excluding hydrogens is 375 g/mol. The SMILES string of the molecule is CCCCCCCCC=CCCCCCCCC(=O)OCCS(=O)(=O)[O-].[Na+]. The molecule has 0 fully saturated rings. The van der Waals surface area contributed by atoms with E-state index in [-0.39, 0.29) is 42.6 Å². The van der Waals surface area contributed by atoms with E-state index in [1.54, 1.807) is 0 Å². The summed E-state index contributed by atoms with van der Waals surface area (Å²) in [5.74, 6) is -1.07. The molecule has 0 amide bonds. The Bertz CT molecular complexity index is 463. The van der Waals surface area contributed by atoms with Crippen LogP contribution in [0.15, 0.2) is 12.2 Å². The number of hydrogen-bond donors (Lipinski definition) is 0. The molecular formula is C20H37NaO5S.